The zero-order chi connectivity index (χ0) is 14.6. The van der Waals surface area contributed by atoms with Gasteiger partial charge in [-0.25, -0.2) is 0 Å². The Kier molecular flexibility index (Phi) is 11.6. The highest BCUT2D eigenvalue weighted by molar-refractivity contribution is 7.53. The van der Waals surface area contributed by atoms with Crippen LogP contribution in [0.1, 0.15) is 71.6 Å². The summed E-state index contributed by atoms with van der Waals surface area (Å²) in [6, 6.07) is 0. The molecule has 0 radical (unpaired) electrons. The Bertz CT molecular complexity index is 267. The monoisotopic (exact) mass is 292 g/mol. The van der Waals surface area contributed by atoms with Crippen LogP contribution in [0.5, 0.6) is 0 Å². The van der Waals surface area contributed by atoms with Crippen molar-refractivity contribution in [1.29, 1.82) is 0 Å². The molecule has 1 atom stereocenters. The molecule has 0 rings (SSSR count). The fraction of sp³-hybridized carbons (Fsp3) is 0.867. The van der Waals surface area contributed by atoms with Crippen LogP contribution in [0.15, 0.2) is 12.7 Å². The normalized spacial score (nSPS) is 14.5. The topological polar surface area (TPSA) is 26.3 Å². The van der Waals surface area contributed by atoms with Crippen molar-refractivity contribution in [1.82, 2.24) is 0 Å². The second-order valence-electron chi connectivity index (χ2n) is 5.37. The molecule has 0 aliphatic rings. The van der Waals surface area contributed by atoms with Crippen LogP contribution in [0.25, 0.3) is 0 Å². The van der Waals surface area contributed by atoms with Crippen molar-refractivity contribution in [3.8, 4) is 0 Å². The van der Waals surface area contributed by atoms with Crippen molar-refractivity contribution in [2.75, 3.05) is 6.16 Å². The van der Waals surface area contributed by atoms with E-state index in [0.717, 1.165) is 19.3 Å². The van der Waals surface area contributed by atoms with Crippen LogP contribution in [0.4, 0.5) is 4.20 Å². The van der Waals surface area contributed by atoms with Crippen LogP contribution >= 0.6 is 7.68 Å². The van der Waals surface area contributed by atoms with Crippen LogP contribution < -0.4 is 0 Å². The summed E-state index contributed by atoms with van der Waals surface area (Å²) in [5.74, 6) is 0. The van der Waals surface area contributed by atoms with E-state index in [0.29, 0.717) is 6.42 Å². The van der Waals surface area contributed by atoms with Gasteiger partial charge in [-0.3, -0.25) is 4.57 Å². The first kappa shape index (κ1) is 18.9. The molecule has 0 bridgehead atoms. The van der Waals surface area contributed by atoms with Gasteiger partial charge in [0.2, 0.25) is 0 Å². The first-order chi connectivity index (χ1) is 8.98. The van der Waals surface area contributed by atoms with Crippen molar-refractivity contribution in [3.05, 3.63) is 12.7 Å². The highest BCUT2D eigenvalue weighted by atomic mass is 31.2. The summed E-state index contributed by atoms with van der Waals surface area (Å²) in [5.41, 5.74) is 0. The van der Waals surface area contributed by atoms with Crippen molar-refractivity contribution >= 4 is 7.68 Å². The highest BCUT2D eigenvalue weighted by Crippen LogP contribution is 2.50. The maximum atomic E-state index is 13.4. The number of unbranched alkanes of at least 4 members (excludes halogenated alkanes) is 8. The van der Waals surface area contributed by atoms with E-state index in [-0.39, 0.29) is 12.3 Å². The Morgan fingerprint density at radius 2 is 1.53 bits per heavy atom. The highest BCUT2D eigenvalue weighted by Gasteiger charge is 2.22. The van der Waals surface area contributed by atoms with Gasteiger partial charge in [-0.1, -0.05) is 44.6 Å². The molecule has 0 saturated carbocycles. The van der Waals surface area contributed by atoms with Crippen LogP contribution in [0, 0.1) is 0 Å². The van der Waals surface area contributed by atoms with E-state index < -0.39 is 7.68 Å². The minimum absolute atomic E-state index is 0.0739. The van der Waals surface area contributed by atoms with Gasteiger partial charge >= 0.3 is 7.68 Å². The minimum atomic E-state index is -3.83. The summed E-state index contributed by atoms with van der Waals surface area (Å²) in [5, 5.41) is 0. The molecule has 114 valence electrons. The quantitative estimate of drug-likeness (QED) is 0.227. The second kappa shape index (κ2) is 11.7. The average molecular weight is 292 g/mol. The Labute approximate surface area is 118 Å². The third kappa shape index (κ3) is 14.1. The fourth-order valence-corrected chi connectivity index (χ4v) is 3.35. The molecule has 0 aromatic carbocycles. The molecule has 19 heavy (non-hydrogen) atoms. The maximum Gasteiger partial charge on any atom is 0.367 e. The summed E-state index contributed by atoms with van der Waals surface area (Å²) in [6.45, 7) is 7.12. The van der Waals surface area contributed by atoms with Gasteiger partial charge in [0, 0.05) is 0 Å². The molecule has 0 aromatic heterocycles. The predicted molar refractivity (Wildman–Crippen MR) is 81.6 cm³/mol. The zero-order valence-electron chi connectivity index (χ0n) is 12.6. The summed E-state index contributed by atoms with van der Waals surface area (Å²) in [6.07, 6.45) is 11.8. The van der Waals surface area contributed by atoms with E-state index in [1.807, 2.05) is 6.08 Å². The molecule has 0 N–H and O–H groups in total. The van der Waals surface area contributed by atoms with Crippen LogP contribution in [0.3, 0.4) is 0 Å². The summed E-state index contributed by atoms with van der Waals surface area (Å²) < 4.78 is 29.6. The van der Waals surface area contributed by atoms with Gasteiger partial charge in [-0.15, -0.1) is 6.58 Å². The summed E-state index contributed by atoms with van der Waals surface area (Å²) in [4.78, 5) is 0. The van der Waals surface area contributed by atoms with Crippen molar-refractivity contribution < 1.29 is 13.3 Å². The molecule has 0 spiro atoms. The smallest absolute Gasteiger partial charge is 0.303 e. The maximum absolute atomic E-state index is 13.4. The van der Waals surface area contributed by atoms with E-state index >= 15 is 0 Å². The van der Waals surface area contributed by atoms with Crippen LogP contribution in [-0.2, 0) is 9.09 Å². The molecule has 0 heterocycles. The molecular formula is C15H30FO2P. The summed E-state index contributed by atoms with van der Waals surface area (Å²) in [7, 11) is -3.83. The summed E-state index contributed by atoms with van der Waals surface area (Å²) >= 11 is 0. The van der Waals surface area contributed by atoms with Gasteiger partial charge in [0.05, 0.1) is 12.3 Å². The SMILES string of the molecule is C=CCCCCCCCCCCP(=O)(F)OC(C)C. The van der Waals surface area contributed by atoms with E-state index in [4.69, 9.17) is 4.52 Å². The molecule has 0 saturated heterocycles. The molecule has 0 amide bonds. The first-order valence-electron chi connectivity index (χ1n) is 7.56. The average Bonchev–Trinajstić information content (AvgIpc) is 2.30. The molecule has 0 aliphatic carbocycles. The Morgan fingerprint density at radius 3 is 2.00 bits per heavy atom. The van der Waals surface area contributed by atoms with Crippen molar-refractivity contribution in [3.63, 3.8) is 0 Å². The molecule has 0 aliphatic heterocycles. The molecule has 4 heteroatoms. The Hall–Kier alpha value is -0.140. The van der Waals surface area contributed by atoms with Crippen LogP contribution in [-0.4, -0.2) is 12.3 Å². The van der Waals surface area contributed by atoms with E-state index in [1.165, 1.54) is 32.1 Å². The number of allylic oxidation sites excluding steroid dienone is 1. The number of rotatable bonds is 13. The lowest BCUT2D eigenvalue weighted by molar-refractivity contribution is 0.223. The molecule has 0 fully saturated rings. The third-order valence-corrected chi connectivity index (χ3v) is 4.54. The third-order valence-electron chi connectivity index (χ3n) is 2.95. The van der Waals surface area contributed by atoms with E-state index in [9.17, 15) is 8.76 Å². The Morgan fingerprint density at radius 1 is 1.05 bits per heavy atom. The van der Waals surface area contributed by atoms with Gasteiger partial charge in [-0.2, -0.15) is 4.20 Å². The standard InChI is InChI=1S/C15H30FO2P/c1-4-5-6-7-8-9-10-11-12-13-14-19(16,17)18-15(2)3/h4,15H,1,5-14H2,2-3H3. The Balaban J connectivity index is 3.31. The van der Waals surface area contributed by atoms with Crippen LogP contribution in [0.2, 0.25) is 0 Å². The van der Waals surface area contributed by atoms with Crippen molar-refractivity contribution in [2.45, 2.75) is 77.7 Å². The molecule has 1 unspecified atom stereocenters. The van der Waals surface area contributed by atoms with Gasteiger partial charge in [0.15, 0.2) is 0 Å². The molecule has 2 nitrogen and oxygen atoms in total. The van der Waals surface area contributed by atoms with E-state index in [1.54, 1.807) is 13.8 Å². The number of hydrogen-bond acceptors (Lipinski definition) is 2. The lowest BCUT2D eigenvalue weighted by Gasteiger charge is -2.12. The number of hydrogen-bond donors (Lipinski definition) is 0. The van der Waals surface area contributed by atoms with Gasteiger partial charge in [-0.05, 0) is 33.1 Å². The lowest BCUT2D eigenvalue weighted by Crippen LogP contribution is -2.00. The number of halogens is 1. The molecular weight excluding hydrogens is 262 g/mol. The van der Waals surface area contributed by atoms with E-state index in [2.05, 4.69) is 6.58 Å². The fourth-order valence-electron chi connectivity index (χ4n) is 2.02. The minimum Gasteiger partial charge on any atom is -0.303 e. The van der Waals surface area contributed by atoms with Gasteiger partial charge in [0.1, 0.15) is 0 Å². The predicted octanol–water partition coefficient (Wildman–Crippen LogP) is 6.27. The van der Waals surface area contributed by atoms with Crippen molar-refractivity contribution in [2.24, 2.45) is 0 Å². The molecule has 0 aromatic rings. The first-order valence-corrected chi connectivity index (χ1v) is 9.26. The van der Waals surface area contributed by atoms with Gasteiger partial charge in [0.25, 0.3) is 0 Å². The lowest BCUT2D eigenvalue weighted by atomic mass is 10.1. The van der Waals surface area contributed by atoms with Gasteiger partial charge < -0.3 is 4.52 Å². The largest absolute Gasteiger partial charge is 0.367 e. The zero-order valence-corrected chi connectivity index (χ0v) is 13.5. The second-order valence-corrected chi connectivity index (χ2v) is 7.21.